The number of sulfone groups is 1. The number of imide groups is 1. The van der Waals surface area contributed by atoms with Crippen molar-refractivity contribution in [3.05, 3.63) is 29.8 Å². The van der Waals surface area contributed by atoms with Gasteiger partial charge >= 0.3 is 6.03 Å². The van der Waals surface area contributed by atoms with Gasteiger partial charge in [0, 0.05) is 18.7 Å². The Morgan fingerprint density at radius 3 is 2.38 bits per heavy atom. The number of amides is 4. The van der Waals surface area contributed by atoms with E-state index in [1.807, 2.05) is 0 Å². The Kier molecular flexibility index (Phi) is 5.97. The average Bonchev–Trinajstić information content (AvgIpc) is 3.24. The van der Waals surface area contributed by atoms with Crippen LogP contribution in [0.15, 0.2) is 29.2 Å². The quantitative estimate of drug-likeness (QED) is 0.515. The predicted octanol–water partition coefficient (Wildman–Crippen LogP) is 1.85. The van der Waals surface area contributed by atoms with E-state index in [0.717, 1.165) is 12.8 Å². The lowest BCUT2D eigenvalue weighted by Crippen LogP contribution is -2.44. The van der Waals surface area contributed by atoms with Crippen molar-refractivity contribution in [3.8, 4) is 0 Å². The Morgan fingerprint density at radius 1 is 1.17 bits per heavy atom. The van der Waals surface area contributed by atoms with Crippen LogP contribution in [-0.2, 0) is 14.6 Å². The van der Waals surface area contributed by atoms with Crippen molar-refractivity contribution in [1.82, 2.24) is 15.5 Å². The summed E-state index contributed by atoms with van der Waals surface area (Å²) in [5.41, 5.74) is -0.356. The van der Waals surface area contributed by atoms with Gasteiger partial charge in [-0.05, 0) is 57.4 Å². The fourth-order valence-corrected chi connectivity index (χ4v) is 4.87. The van der Waals surface area contributed by atoms with E-state index in [9.17, 15) is 22.8 Å². The van der Waals surface area contributed by atoms with Gasteiger partial charge in [0.1, 0.15) is 5.54 Å². The monoisotopic (exact) mass is 421 g/mol. The maximum atomic E-state index is 12.6. The van der Waals surface area contributed by atoms with Gasteiger partial charge < -0.3 is 10.6 Å². The van der Waals surface area contributed by atoms with Crippen molar-refractivity contribution >= 4 is 27.7 Å². The fraction of sp³-hybridized carbons (Fsp3) is 0.550. The highest BCUT2D eigenvalue weighted by Gasteiger charge is 2.51. The highest BCUT2D eigenvalue weighted by atomic mass is 32.2. The zero-order valence-corrected chi connectivity index (χ0v) is 17.5. The minimum absolute atomic E-state index is 0.159. The van der Waals surface area contributed by atoms with Crippen molar-refractivity contribution in [2.75, 3.05) is 13.1 Å². The molecule has 1 saturated heterocycles. The molecule has 8 nitrogen and oxygen atoms in total. The number of urea groups is 1. The van der Waals surface area contributed by atoms with E-state index >= 15 is 0 Å². The summed E-state index contributed by atoms with van der Waals surface area (Å²) in [5.74, 6) is -0.490. The third-order valence-electron chi connectivity index (χ3n) is 5.61. The third kappa shape index (κ3) is 4.14. The van der Waals surface area contributed by atoms with Crippen molar-refractivity contribution in [2.45, 2.75) is 61.6 Å². The zero-order chi connectivity index (χ0) is 21.2. The standard InChI is InChI=1S/C20H27N3O5S/c1-14(2)29(27,28)16-8-6-15(7-9-16)17(24)21-12-5-13-23-18(25)20(22-19(23)26)10-3-4-11-20/h6-9,14H,3-5,10-13H2,1-2H3,(H,21,24)(H,22,26). The smallest absolute Gasteiger partial charge is 0.325 e. The molecule has 9 heteroatoms. The Labute approximate surface area is 170 Å². The van der Waals surface area contributed by atoms with E-state index in [1.165, 1.54) is 29.2 Å². The second-order valence-corrected chi connectivity index (χ2v) is 10.4. The number of nitrogens with one attached hydrogen (secondary N) is 2. The summed E-state index contributed by atoms with van der Waals surface area (Å²) in [7, 11) is -3.38. The first-order chi connectivity index (χ1) is 13.7. The van der Waals surface area contributed by atoms with Crippen LogP contribution in [0.3, 0.4) is 0 Å². The molecule has 1 aromatic rings. The van der Waals surface area contributed by atoms with Gasteiger partial charge in [-0.2, -0.15) is 0 Å². The molecule has 1 spiro atoms. The van der Waals surface area contributed by atoms with Crippen LogP contribution in [0.25, 0.3) is 0 Å². The maximum absolute atomic E-state index is 12.6. The van der Waals surface area contributed by atoms with Gasteiger partial charge in [0.15, 0.2) is 9.84 Å². The fourth-order valence-electron chi connectivity index (χ4n) is 3.81. The summed E-state index contributed by atoms with van der Waals surface area (Å²) in [5, 5.41) is 5.04. The molecule has 0 atom stereocenters. The number of benzene rings is 1. The molecule has 3 rings (SSSR count). The number of hydrogen-bond acceptors (Lipinski definition) is 5. The molecule has 29 heavy (non-hydrogen) atoms. The molecule has 0 radical (unpaired) electrons. The lowest BCUT2D eigenvalue weighted by Gasteiger charge is -2.20. The average molecular weight is 422 g/mol. The predicted molar refractivity (Wildman–Crippen MR) is 107 cm³/mol. The van der Waals surface area contributed by atoms with Crippen LogP contribution in [-0.4, -0.2) is 55.0 Å². The molecule has 1 aromatic carbocycles. The van der Waals surface area contributed by atoms with Crippen LogP contribution in [0, 0.1) is 0 Å². The maximum Gasteiger partial charge on any atom is 0.325 e. The summed E-state index contributed by atoms with van der Waals surface area (Å²) < 4.78 is 24.3. The number of nitrogens with zero attached hydrogens (tertiary/aromatic N) is 1. The first-order valence-corrected chi connectivity index (χ1v) is 11.5. The molecule has 1 saturated carbocycles. The van der Waals surface area contributed by atoms with Gasteiger partial charge in [0.2, 0.25) is 0 Å². The third-order valence-corrected chi connectivity index (χ3v) is 7.78. The summed E-state index contributed by atoms with van der Waals surface area (Å²) in [4.78, 5) is 38.3. The zero-order valence-electron chi connectivity index (χ0n) is 16.7. The molecular weight excluding hydrogens is 394 g/mol. The molecule has 0 bridgehead atoms. The number of carbonyl (C=O) groups excluding carboxylic acids is 3. The summed E-state index contributed by atoms with van der Waals surface area (Å²) >= 11 is 0. The molecule has 0 unspecified atom stereocenters. The Bertz CT molecular complexity index is 903. The number of hydrogen-bond donors (Lipinski definition) is 2. The SMILES string of the molecule is CC(C)S(=O)(=O)c1ccc(C(=O)NCCCN2C(=O)NC3(CCCC3)C2=O)cc1. The Morgan fingerprint density at radius 2 is 1.79 bits per heavy atom. The van der Waals surface area contributed by atoms with E-state index in [4.69, 9.17) is 0 Å². The second kappa shape index (κ2) is 8.14. The van der Waals surface area contributed by atoms with E-state index in [1.54, 1.807) is 13.8 Å². The first kappa shape index (κ1) is 21.3. The molecule has 2 fully saturated rings. The topological polar surface area (TPSA) is 113 Å². The molecule has 1 aliphatic carbocycles. The molecule has 158 valence electrons. The van der Waals surface area contributed by atoms with Gasteiger partial charge in [0.05, 0.1) is 10.1 Å². The van der Waals surface area contributed by atoms with E-state index in [2.05, 4.69) is 10.6 Å². The number of rotatable bonds is 7. The molecule has 0 aromatic heterocycles. The van der Waals surface area contributed by atoms with Crippen molar-refractivity contribution in [2.24, 2.45) is 0 Å². The van der Waals surface area contributed by atoms with Crippen LogP contribution in [0.5, 0.6) is 0 Å². The van der Waals surface area contributed by atoms with Gasteiger partial charge in [-0.15, -0.1) is 0 Å². The van der Waals surface area contributed by atoms with Crippen molar-refractivity contribution in [1.29, 1.82) is 0 Å². The lowest BCUT2D eigenvalue weighted by molar-refractivity contribution is -0.131. The van der Waals surface area contributed by atoms with Crippen LogP contribution in [0.4, 0.5) is 4.79 Å². The normalized spacial score (nSPS) is 18.5. The van der Waals surface area contributed by atoms with Crippen LogP contribution >= 0.6 is 0 Å². The van der Waals surface area contributed by atoms with E-state index in [-0.39, 0.29) is 29.3 Å². The van der Waals surface area contributed by atoms with Gasteiger partial charge in [0.25, 0.3) is 11.8 Å². The van der Waals surface area contributed by atoms with Gasteiger partial charge in [-0.25, -0.2) is 13.2 Å². The first-order valence-electron chi connectivity index (χ1n) is 9.94. The summed E-state index contributed by atoms with van der Waals surface area (Å²) in [6.45, 7) is 3.76. The van der Waals surface area contributed by atoms with E-state index < -0.39 is 20.6 Å². The van der Waals surface area contributed by atoms with Gasteiger partial charge in [-0.3, -0.25) is 14.5 Å². The molecule has 1 heterocycles. The molecule has 4 amide bonds. The molecule has 2 N–H and O–H groups in total. The van der Waals surface area contributed by atoms with Crippen molar-refractivity contribution in [3.63, 3.8) is 0 Å². The summed E-state index contributed by atoms with van der Waals surface area (Å²) in [6, 6.07) is 5.46. The second-order valence-electron chi connectivity index (χ2n) is 7.90. The van der Waals surface area contributed by atoms with Crippen molar-refractivity contribution < 1.29 is 22.8 Å². The number of carbonyl (C=O) groups is 3. The summed E-state index contributed by atoms with van der Waals surface area (Å²) in [6.07, 6.45) is 3.70. The van der Waals surface area contributed by atoms with Crippen LogP contribution in [0.2, 0.25) is 0 Å². The Balaban J connectivity index is 1.49. The molecule has 2 aliphatic rings. The Hall–Kier alpha value is -2.42. The van der Waals surface area contributed by atoms with Crippen LogP contribution < -0.4 is 10.6 Å². The highest BCUT2D eigenvalue weighted by molar-refractivity contribution is 7.92. The van der Waals surface area contributed by atoms with Crippen LogP contribution in [0.1, 0.15) is 56.3 Å². The largest absolute Gasteiger partial charge is 0.352 e. The highest BCUT2D eigenvalue weighted by Crippen LogP contribution is 2.34. The lowest BCUT2D eigenvalue weighted by atomic mass is 9.98. The van der Waals surface area contributed by atoms with Gasteiger partial charge in [-0.1, -0.05) is 12.8 Å². The van der Waals surface area contributed by atoms with E-state index in [0.29, 0.717) is 31.4 Å². The minimum Gasteiger partial charge on any atom is -0.352 e. The minimum atomic E-state index is -3.38. The molecular formula is C20H27N3O5S. The molecule has 1 aliphatic heterocycles.